The van der Waals surface area contributed by atoms with Gasteiger partial charge in [-0.25, -0.2) is 0 Å². The molecule has 0 aliphatic carbocycles. The van der Waals surface area contributed by atoms with Crippen molar-refractivity contribution in [3.63, 3.8) is 0 Å². The molecule has 1 amide bonds. The van der Waals surface area contributed by atoms with Crippen LogP contribution in [0.5, 0.6) is 0 Å². The van der Waals surface area contributed by atoms with E-state index in [1.54, 1.807) is 7.11 Å². The predicted molar refractivity (Wildman–Crippen MR) is 84.2 cm³/mol. The summed E-state index contributed by atoms with van der Waals surface area (Å²) in [4.78, 5) is 12.3. The van der Waals surface area contributed by atoms with Gasteiger partial charge in [0.15, 0.2) is 0 Å². The van der Waals surface area contributed by atoms with Crippen molar-refractivity contribution in [3.8, 4) is 0 Å². The summed E-state index contributed by atoms with van der Waals surface area (Å²) in [7, 11) is 1.65. The van der Waals surface area contributed by atoms with Crippen LogP contribution in [0.4, 0.5) is 0 Å². The summed E-state index contributed by atoms with van der Waals surface area (Å²) in [5, 5.41) is 2.91. The Labute approximate surface area is 129 Å². The summed E-state index contributed by atoms with van der Waals surface area (Å²) in [5.74, 6) is -0.0404. The first-order valence-corrected chi connectivity index (χ1v) is 7.24. The molecule has 1 atom stereocenters. The minimum Gasteiger partial charge on any atom is -0.389 e. The molecule has 1 aliphatic heterocycles. The average molecular weight is 308 g/mol. The van der Waals surface area contributed by atoms with Gasteiger partial charge >= 0.3 is 0 Å². The van der Waals surface area contributed by atoms with Gasteiger partial charge in [-0.2, -0.15) is 0 Å². The minimum atomic E-state index is -0.384. The highest BCUT2D eigenvalue weighted by molar-refractivity contribution is 7.80. The maximum atomic E-state index is 12.0. The van der Waals surface area contributed by atoms with Gasteiger partial charge in [0.2, 0.25) is 5.91 Å². The first-order chi connectivity index (χ1) is 10.0. The van der Waals surface area contributed by atoms with Gasteiger partial charge in [0, 0.05) is 32.2 Å². The molecular formula is C15H20N2O3S. The lowest BCUT2D eigenvalue weighted by Crippen LogP contribution is -2.45. The SMILES string of the molecule is COC1(CNC(=O)Cc2ccc(C(N)=S)cc2)CCOC1. The normalized spacial score (nSPS) is 21.2. The fourth-order valence-corrected chi connectivity index (χ4v) is 2.39. The van der Waals surface area contributed by atoms with E-state index < -0.39 is 0 Å². The molecule has 0 saturated carbocycles. The summed E-state index contributed by atoms with van der Waals surface area (Å²) in [6.45, 7) is 1.66. The molecule has 1 unspecified atom stereocenters. The first kappa shape index (κ1) is 15.9. The van der Waals surface area contributed by atoms with Crippen LogP contribution >= 0.6 is 12.2 Å². The van der Waals surface area contributed by atoms with Crippen LogP contribution < -0.4 is 11.1 Å². The fraction of sp³-hybridized carbons (Fsp3) is 0.467. The summed E-state index contributed by atoms with van der Waals surface area (Å²) in [5.41, 5.74) is 6.87. The van der Waals surface area contributed by atoms with E-state index >= 15 is 0 Å². The number of rotatable bonds is 6. The Balaban J connectivity index is 1.85. The van der Waals surface area contributed by atoms with E-state index in [1.807, 2.05) is 24.3 Å². The number of benzene rings is 1. The molecule has 1 saturated heterocycles. The molecule has 3 N–H and O–H groups in total. The van der Waals surface area contributed by atoms with Gasteiger partial charge in [0.1, 0.15) is 10.6 Å². The number of ether oxygens (including phenoxy) is 2. The van der Waals surface area contributed by atoms with Gasteiger partial charge in [0.05, 0.1) is 13.0 Å². The number of hydrogen-bond acceptors (Lipinski definition) is 4. The third-order valence-electron chi connectivity index (χ3n) is 3.71. The van der Waals surface area contributed by atoms with E-state index in [0.717, 1.165) is 17.5 Å². The Morgan fingerprint density at radius 2 is 2.19 bits per heavy atom. The van der Waals surface area contributed by atoms with Gasteiger partial charge in [-0.15, -0.1) is 0 Å². The van der Waals surface area contributed by atoms with Gasteiger partial charge in [-0.1, -0.05) is 36.5 Å². The van der Waals surface area contributed by atoms with Crippen molar-refractivity contribution in [2.45, 2.75) is 18.4 Å². The van der Waals surface area contributed by atoms with Crippen molar-refractivity contribution in [2.24, 2.45) is 5.73 Å². The van der Waals surface area contributed by atoms with E-state index in [9.17, 15) is 4.79 Å². The third-order valence-corrected chi connectivity index (χ3v) is 3.95. The smallest absolute Gasteiger partial charge is 0.224 e. The maximum Gasteiger partial charge on any atom is 0.224 e. The number of amides is 1. The molecule has 1 aromatic carbocycles. The second-order valence-corrected chi connectivity index (χ2v) is 5.64. The highest BCUT2D eigenvalue weighted by Crippen LogP contribution is 2.21. The Morgan fingerprint density at radius 1 is 1.48 bits per heavy atom. The molecule has 0 bridgehead atoms. The number of carbonyl (C=O) groups excluding carboxylic acids is 1. The molecule has 1 aromatic rings. The molecule has 2 rings (SSSR count). The Bertz CT molecular complexity index is 510. The summed E-state index contributed by atoms with van der Waals surface area (Å²) < 4.78 is 10.8. The van der Waals surface area contributed by atoms with Crippen LogP contribution in [0.2, 0.25) is 0 Å². The zero-order valence-electron chi connectivity index (χ0n) is 12.1. The largest absolute Gasteiger partial charge is 0.389 e. The molecule has 1 heterocycles. The van der Waals surface area contributed by atoms with Crippen LogP contribution in [0.3, 0.4) is 0 Å². The molecule has 5 nitrogen and oxygen atoms in total. The van der Waals surface area contributed by atoms with Crippen LogP contribution in [0, 0.1) is 0 Å². The van der Waals surface area contributed by atoms with E-state index in [4.69, 9.17) is 27.4 Å². The van der Waals surface area contributed by atoms with Crippen LogP contribution in [0.25, 0.3) is 0 Å². The van der Waals surface area contributed by atoms with Crippen molar-refractivity contribution in [1.29, 1.82) is 0 Å². The second kappa shape index (κ2) is 6.98. The monoisotopic (exact) mass is 308 g/mol. The second-order valence-electron chi connectivity index (χ2n) is 5.20. The van der Waals surface area contributed by atoms with Crippen molar-refractivity contribution in [1.82, 2.24) is 5.32 Å². The first-order valence-electron chi connectivity index (χ1n) is 6.83. The summed E-state index contributed by atoms with van der Waals surface area (Å²) in [6.07, 6.45) is 1.12. The van der Waals surface area contributed by atoms with Crippen molar-refractivity contribution in [2.75, 3.05) is 26.9 Å². The van der Waals surface area contributed by atoms with Crippen LogP contribution in [0.15, 0.2) is 24.3 Å². The lowest BCUT2D eigenvalue weighted by Gasteiger charge is -2.25. The fourth-order valence-electron chi connectivity index (χ4n) is 2.26. The highest BCUT2D eigenvalue weighted by atomic mass is 32.1. The molecular weight excluding hydrogens is 288 g/mol. The zero-order valence-corrected chi connectivity index (χ0v) is 12.9. The molecule has 0 radical (unpaired) electrons. The average Bonchev–Trinajstić information content (AvgIpc) is 2.95. The van der Waals surface area contributed by atoms with Gasteiger partial charge in [-0.3, -0.25) is 4.79 Å². The third kappa shape index (κ3) is 4.23. The predicted octanol–water partition coefficient (Wildman–Crippen LogP) is 0.785. The summed E-state index contributed by atoms with van der Waals surface area (Å²) in [6, 6.07) is 7.37. The van der Waals surface area contributed by atoms with Gasteiger partial charge in [0.25, 0.3) is 0 Å². The molecule has 1 fully saturated rings. The van der Waals surface area contributed by atoms with Crippen molar-refractivity contribution < 1.29 is 14.3 Å². The molecule has 21 heavy (non-hydrogen) atoms. The van der Waals surface area contributed by atoms with Gasteiger partial charge in [-0.05, 0) is 5.56 Å². The molecule has 0 aromatic heterocycles. The minimum absolute atomic E-state index is 0.0404. The topological polar surface area (TPSA) is 73.6 Å². The number of methoxy groups -OCH3 is 1. The Kier molecular flexibility index (Phi) is 5.27. The van der Waals surface area contributed by atoms with E-state index in [0.29, 0.717) is 31.2 Å². The van der Waals surface area contributed by atoms with Crippen molar-refractivity contribution >= 4 is 23.1 Å². The molecule has 1 aliphatic rings. The highest BCUT2D eigenvalue weighted by Gasteiger charge is 2.35. The Hall–Kier alpha value is -1.50. The lowest BCUT2D eigenvalue weighted by atomic mass is 10.0. The molecule has 0 spiro atoms. The molecule has 114 valence electrons. The quantitative estimate of drug-likeness (QED) is 0.760. The zero-order chi connectivity index (χ0) is 15.3. The maximum absolute atomic E-state index is 12.0. The number of hydrogen-bond donors (Lipinski definition) is 2. The number of nitrogens with one attached hydrogen (secondary N) is 1. The number of nitrogens with two attached hydrogens (primary N) is 1. The van der Waals surface area contributed by atoms with Crippen LogP contribution in [0.1, 0.15) is 17.5 Å². The van der Waals surface area contributed by atoms with E-state index in [2.05, 4.69) is 5.32 Å². The molecule has 6 heteroatoms. The summed E-state index contributed by atoms with van der Waals surface area (Å²) >= 11 is 4.89. The van der Waals surface area contributed by atoms with Crippen molar-refractivity contribution in [3.05, 3.63) is 35.4 Å². The van der Waals surface area contributed by atoms with Crippen LogP contribution in [-0.2, 0) is 20.7 Å². The lowest BCUT2D eigenvalue weighted by molar-refractivity contribution is -0.122. The van der Waals surface area contributed by atoms with Gasteiger partial charge < -0.3 is 20.5 Å². The number of thiocarbonyl (C=S) groups is 1. The van der Waals surface area contributed by atoms with E-state index in [-0.39, 0.29) is 11.5 Å². The standard InChI is InChI=1S/C15H20N2O3S/c1-19-15(6-7-20-10-15)9-17-13(18)8-11-2-4-12(5-3-11)14(16)21/h2-5H,6-10H2,1H3,(H2,16,21)(H,17,18). The Morgan fingerprint density at radius 3 is 2.71 bits per heavy atom. The van der Waals surface area contributed by atoms with E-state index in [1.165, 1.54) is 0 Å². The number of carbonyl (C=O) groups is 1. The van der Waals surface area contributed by atoms with Crippen LogP contribution in [-0.4, -0.2) is 43.4 Å².